The van der Waals surface area contributed by atoms with Crippen molar-refractivity contribution in [1.82, 2.24) is 9.88 Å². The highest BCUT2D eigenvalue weighted by atomic mass is 35.5. The van der Waals surface area contributed by atoms with Crippen LogP contribution in [-0.4, -0.2) is 48.6 Å². The molecule has 0 aliphatic carbocycles. The Balaban J connectivity index is 1.56. The minimum absolute atomic E-state index is 0.0524. The summed E-state index contributed by atoms with van der Waals surface area (Å²) in [7, 11) is 1.68. The fourth-order valence-electron chi connectivity index (χ4n) is 3.77. The van der Waals surface area contributed by atoms with Crippen LogP contribution in [-0.2, 0) is 0 Å². The number of halogens is 1. The zero-order chi connectivity index (χ0) is 19.0. The van der Waals surface area contributed by atoms with Gasteiger partial charge in [-0.25, -0.2) is 0 Å². The number of piperazine rings is 1. The number of ether oxygens (including phenoxy) is 1. The lowest BCUT2D eigenvalue weighted by molar-refractivity contribution is 0.0669. The lowest BCUT2D eigenvalue weighted by Gasteiger charge is -2.41. The van der Waals surface area contributed by atoms with Crippen LogP contribution in [0.15, 0.2) is 48.5 Å². The summed E-state index contributed by atoms with van der Waals surface area (Å²) >= 11 is 6.48. The summed E-state index contributed by atoms with van der Waals surface area (Å²) in [5.41, 5.74) is 2.41. The second-order valence-corrected chi connectivity index (χ2v) is 7.20. The summed E-state index contributed by atoms with van der Waals surface area (Å²) in [5, 5.41) is 1.37. The summed E-state index contributed by atoms with van der Waals surface area (Å²) in [5.74, 6) is 0.798. The normalized spacial score (nSPS) is 17.4. The van der Waals surface area contributed by atoms with Crippen molar-refractivity contribution < 1.29 is 9.53 Å². The lowest BCUT2D eigenvalue weighted by atomic mass is 10.1. The smallest absolute Gasteiger partial charge is 0.272 e. The standard InChI is InChI=1S/C21H22ClN3O2/c1-14-13-24(17-9-5-6-10-18(17)27-2)11-12-25(14)21(26)20-19(22)15-7-3-4-8-16(15)23-20/h3-10,14,23H,11-13H2,1-2H3. The van der Waals surface area contributed by atoms with Gasteiger partial charge in [0.2, 0.25) is 0 Å². The molecule has 4 rings (SSSR count). The fraction of sp³-hybridized carbons (Fsp3) is 0.286. The number of methoxy groups -OCH3 is 1. The zero-order valence-electron chi connectivity index (χ0n) is 15.4. The van der Waals surface area contributed by atoms with Crippen LogP contribution in [0.25, 0.3) is 10.9 Å². The number of para-hydroxylation sites is 3. The van der Waals surface area contributed by atoms with E-state index in [0.717, 1.165) is 35.4 Å². The first-order valence-corrected chi connectivity index (χ1v) is 9.43. The predicted octanol–water partition coefficient (Wildman–Crippen LogP) is 4.18. The Morgan fingerprint density at radius 3 is 2.63 bits per heavy atom. The number of fused-ring (bicyclic) bond motifs is 1. The number of nitrogens with one attached hydrogen (secondary N) is 1. The number of carbonyl (C=O) groups excluding carboxylic acids is 1. The summed E-state index contributed by atoms with van der Waals surface area (Å²) in [6.45, 7) is 4.18. The monoisotopic (exact) mass is 383 g/mol. The maximum Gasteiger partial charge on any atom is 0.272 e. The van der Waals surface area contributed by atoms with E-state index in [1.807, 2.05) is 47.4 Å². The number of aromatic nitrogens is 1. The quantitative estimate of drug-likeness (QED) is 0.738. The molecule has 2 heterocycles. The number of hydrogen-bond acceptors (Lipinski definition) is 3. The Morgan fingerprint density at radius 2 is 1.89 bits per heavy atom. The molecule has 1 atom stereocenters. The van der Waals surface area contributed by atoms with Crippen LogP contribution in [0.1, 0.15) is 17.4 Å². The summed E-state index contributed by atoms with van der Waals surface area (Å²) in [4.78, 5) is 20.5. The first-order valence-electron chi connectivity index (χ1n) is 9.05. The van der Waals surface area contributed by atoms with Gasteiger partial charge in [0, 0.05) is 36.6 Å². The van der Waals surface area contributed by atoms with Gasteiger partial charge in [-0.05, 0) is 25.1 Å². The van der Waals surface area contributed by atoms with Gasteiger partial charge in [-0.1, -0.05) is 41.9 Å². The minimum Gasteiger partial charge on any atom is -0.495 e. The van der Waals surface area contributed by atoms with E-state index in [9.17, 15) is 4.79 Å². The van der Waals surface area contributed by atoms with Crippen molar-refractivity contribution in [2.24, 2.45) is 0 Å². The van der Waals surface area contributed by atoms with E-state index in [1.54, 1.807) is 7.11 Å². The molecule has 6 heteroatoms. The van der Waals surface area contributed by atoms with Crippen molar-refractivity contribution in [3.63, 3.8) is 0 Å². The highest BCUT2D eigenvalue weighted by Crippen LogP contribution is 2.31. The van der Waals surface area contributed by atoms with E-state index >= 15 is 0 Å². The molecule has 140 valence electrons. The van der Waals surface area contributed by atoms with Gasteiger partial charge in [0.1, 0.15) is 11.4 Å². The topological polar surface area (TPSA) is 48.6 Å². The third kappa shape index (κ3) is 3.12. The van der Waals surface area contributed by atoms with Crippen molar-refractivity contribution in [2.75, 3.05) is 31.6 Å². The second-order valence-electron chi connectivity index (χ2n) is 6.82. The number of nitrogens with zero attached hydrogens (tertiary/aromatic N) is 2. The Morgan fingerprint density at radius 1 is 1.15 bits per heavy atom. The second kappa shape index (κ2) is 7.16. The molecule has 1 N–H and O–H groups in total. The molecule has 1 aromatic heterocycles. The van der Waals surface area contributed by atoms with Crippen LogP contribution in [0.3, 0.4) is 0 Å². The predicted molar refractivity (Wildman–Crippen MR) is 109 cm³/mol. The average molecular weight is 384 g/mol. The molecule has 1 amide bonds. The van der Waals surface area contributed by atoms with Crippen LogP contribution >= 0.6 is 11.6 Å². The number of anilines is 1. The first kappa shape index (κ1) is 17.7. The molecule has 1 saturated heterocycles. The van der Waals surface area contributed by atoms with E-state index in [0.29, 0.717) is 17.3 Å². The average Bonchev–Trinajstić information content (AvgIpc) is 3.04. The molecule has 1 unspecified atom stereocenters. The first-order chi connectivity index (χ1) is 13.1. The molecule has 1 fully saturated rings. The Bertz CT molecular complexity index is 984. The van der Waals surface area contributed by atoms with Gasteiger partial charge in [0.15, 0.2) is 0 Å². The van der Waals surface area contributed by atoms with E-state index in [-0.39, 0.29) is 11.9 Å². The van der Waals surface area contributed by atoms with Crippen molar-refractivity contribution in [3.05, 3.63) is 59.2 Å². The number of aromatic amines is 1. The molecule has 0 bridgehead atoms. The maximum atomic E-state index is 13.1. The summed E-state index contributed by atoms with van der Waals surface area (Å²) < 4.78 is 5.48. The van der Waals surface area contributed by atoms with Crippen LogP contribution in [0.5, 0.6) is 5.75 Å². The van der Waals surface area contributed by atoms with Crippen molar-refractivity contribution in [1.29, 1.82) is 0 Å². The molecular weight excluding hydrogens is 362 g/mol. The molecule has 0 radical (unpaired) electrons. The Labute approximate surface area is 163 Å². The molecule has 3 aromatic rings. The molecule has 0 spiro atoms. The van der Waals surface area contributed by atoms with Crippen LogP contribution in [0.2, 0.25) is 5.02 Å². The van der Waals surface area contributed by atoms with Gasteiger partial charge < -0.3 is 19.5 Å². The largest absolute Gasteiger partial charge is 0.495 e. The number of hydrogen-bond donors (Lipinski definition) is 1. The van der Waals surface area contributed by atoms with Crippen molar-refractivity contribution >= 4 is 34.1 Å². The number of H-pyrrole nitrogens is 1. The summed E-state index contributed by atoms with van der Waals surface area (Å²) in [6, 6.07) is 15.7. The molecule has 27 heavy (non-hydrogen) atoms. The third-order valence-corrected chi connectivity index (χ3v) is 5.56. The minimum atomic E-state index is -0.0524. The third-order valence-electron chi connectivity index (χ3n) is 5.17. The van der Waals surface area contributed by atoms with Crippen LogP contribution in [0.4, 0.5) is 5.69 Å². The van der Waals surface area contributed by atoms with Gasteiger partial charge in [-0.2, -0.15) is 0 Å². The Kier molecular flexibility index (Phi) is 4.70. The zero-order valence-corrected chi connectivity index (χ0v) is 16.2. The summed E-state index contributed by atoms with van der Waals surface area (Å²) in [6.07, 6.45) is 0. The SMILES string of the molecule is COc1ccccc1N1CCN(C(=O)c2[nH]c3ccccc3c2Cl)C(C)C1. The number of rotatable bonds is 3. The highest BCUT2D eigenvalue weighted by Gasteiger charge is 2.31. The molecule has 1 aliphatic heterocycles. The Hall–Kier alpha value is -2.66. The van der Waals surface area contributed by atoms with Gasteiger partial charge in [-0.3, -0.25) is 4.79 Å². The van der Waals surface area contributed by atoms with E-state index < -0.39 is 0 Å². The molecule has 2 aromatic carbocycles. The van der Waals surface area contributed by atoms with Gasteiger partial charge in [-0.15, -0.1) is 0 Å². The van der Waals surface area contributed by atoms with Gasteiger partial charge in [0.05, 0.1) is 17.8 Å². The van der Waals surface area contributed by atoms with Crippen LogP contribution < -0.4 is 9.64 Å². The fourth-order valence-corrected chi connectivity index (χ4v) is 4.06. The highest BCUT2D eigenvalue weighted by molar-refractivity contribution is 6.38. The molecule has 0 saturated carbocycles. The van der Waals surface area contributed by atoms with E-state index in [1.165, 1.54) is 0 Å². The van der Waals surface area contributed by atoms with Crippen molar-refractivity contribution in [2.45, 2.75) is 13.0 Å². The van der Waals surface area contributed by atoms with E-state index in [2.05, 4.69) is 22.9 Å². The van der Waals surface area contributed by atoms with Crippen LogP contribution in [0, 0.1) is 0 Å². The molecule has 5 nitrogen and oxygen atoms in total. The van der Waals surface area contributed by atoms with Gasteiger partial charge >= 0.3 is 0 Å². The number of benzene rings is 2. The van der Waals surface area contributed by atoms with Crippen molar-refractivity contribution in [3.8, 4) is 5.75 Å². The maximum absolute atomic E-state index is 13.1. The van der Waals surface area contributed by atoms with E-state index in [4.69, 9.17) is 16.3 Å². The number of amides is 1. The lowest BCUT2D eigenvalue weighted by Crippen LogP contribution is -2.54. The number of carbonyl (C=O) groups is 1. The molecule has 1 aliphatic rings. The molecular formula is C21H22ClN3O2. The van der Waals surface area contributed by atoms with Gasteiger partial charge in [0.25, 0.3) is 5.91 Å².